The van der Waals surface area contributed by atoms with Crippen molar-refractivity contribution in [2.75, 3.05) is 11.9 Å². The minimum atomic E-state index is -4.13. The molecule has 2 nitrogen and oxygen atoms in total. The highest BCUT2D eigenvalue weighted by molar-refractivity contribution is 6.35. The van der Waals surface area contributed by atoms with Crippen LogP contribution in [0.2, 0.25) is 10.0 Å². The maximum Gasteiger partial charge on any atom is 0.324 e. The third-order valence-electron chi connectivity index (χ3n) is 1.62. The average Bonchev–Trinajstić information content (AvgIpc) is 2.16. The van der Waals surface area contributed by atoms with Crippen molar-refractivity contribution in [1.29, 1.82) is 0 Å². The fourth-order valence-electron chi connectivity index (χ4n) is 0.823. The zero-order valence-electron chi connectivity index (χ0n) is 7.65. The molecule has 0 bridgehead atoms. The van der Waals surface area contributed by atoms with E-state index in [1.54, 1.807) is 0 Å². The van der Waals surface area contributed by atoms with Crippen molar-refractivity contribution in [1.82, 2.24) is 4.98 Å². The number of halogens is 6. The Labute approximate surface area is 98.6 Å². The summed E-state index contributed by atoms with van der Waals surface area (Å²) in [6, 6.07) is 1.26. The third-order valence-corrected chi connectivity index (χ3v) is 2.11. The Morgan fingerprint density at radius 3 is 2.50 bits per heavy atom. The van der Waals surface area contributed by atoms with Gasteiger partial charge in [-0.1, -0.05) is 23.2 Å². The number of anilines is 1. The van der Waals surface area contributed by atoms with Crippen LogP contribution in [0.15, 0.2) is 12.3 Å². The molecule has 0 amide bonds. The summed E-state index contributed by atoms with van der Waals surface area (Å²) in [5.74, 6) is -4.25. The molecule has 0 aliphatic carbocycles. The lowest BCUT2D eigenvalue weighted by molar-refractivity contribution is -0.117. The molecule has 16 heavy (non-hydrogen) atoms. The maximum absolute atomic E-state index is 12.5. The molecule has 1 aromatic rings. The highest BCUT2D eigenvalue weighted by Gasteiger charge is 2.40. The first kappa shape index (κ1) is 13.3. The third kappa shape index (κ3) is 3.38. The van der Waals surface area contributed by atoms with Crippen LogP contribution in [0, 0.1) is 0 Å². The minimum absolute atomic E-state index is 0.0161. The highest BCUT2D eigenvalue weighted by atomic mass is 35.5. The fourth-order valence-corrected chi connectivity index (χ4v) is 1.27. The van der Waals surface area contributed by atoms with Crippen molar-refractivity contribution in [2.45, 2.75) is 12.3 Å². The highest BCUT2D eigenvalue weighted by Crippen LogP contribution is 2.26. The van der Waals surface area contributed by atoms with E-state index in [0.717, 1.165) is 6.20 Å². The van der Waals surface area contributed by atoms with E-state index >= 15 is 0 Å². The van der Waals surface area contributed by atoms with Crippen LogP contribution in [0.4, 0.5) is 23.4 Å². The number of hydrogen-bond acceptors (Lipinski definition) is 2. The van der Waals surface area contributed by atoms with Gasteiger partial charge in [0, 0.05) is 6.20 Å². The molecule has 0 fully saturated rings. The van der Waals surface area contributed by atoms with Crippen LogP contribution in [-0.2, 0) is 0 Å². The van der Waals surface area contributed by atoms with Gasteiger partial charge in [-0.15, -0.1) is 0 Å². The predicted octanol–water partition coefficient (Wildman–Crippen LogP) is 3.70. The molecule has 1 N–H and O–H groups in total. The summed E-state index contributed by atoms with van der Waals surface area (Å²) >= 11 is 11.1. The minimum Gasteiger partial charge on any atom is -0.363 e. The zero-order chi connectivity index (χ0) is 12.3. The number of hydrogen-bond donors (Lipinski definition) is 1. The molecule has 0 radical (unpaired) electrons. The molecular weight excluding hydrogens is 271 g/mol. The standard InChI is InChI=1S/C8H6Cl2F4N2/c9-4-1-5(10)6(15-2-4)16-3-8(13,14)7(11)12/h1-2,7H,3H2,(H,15,16). The molecule has 0 aromatic carbocycles. The van der Waals surface area contributed by atoms with Crippen LogP contribution in [0.1, 0.15) is 0 Å². The first-order valence-corrected chi connectivity index (χ1v) is 4.79. The van der Waals surface area contributed by atoms with Crippen molar-refractivity contribution in [2.24, 2.45) is 0 Å². The van der Waals surface area contributed by atoms with Gasteiger partial charge in [0.2, 0.25) is 0 Å². The number of rotatable bonds is 4. The smallest absolute Gasteiger partial charge is 0.324 e. The van der Waals surface area contributed by atoms with Crippen LogP contribution in [-0.4, -0.2) is 23.9 Å². The molecule has 0 spiro atoms. The van der Waals surface area contributed by atoms with Crippen LogP contribution in [0.5, 0.6) is 0 Å². The van der Waals surface area contributed by atoms with Gasteiger partial charge in [-0.25, -0.2) is 13.8 Å². The Bertz CT molecular complexity index is 373. The van der Waals surface area contributed by atoms with Gasteiger partial charge in [0.1, 0.15) is 5.82 Å². The number of nitrogens with zero attached hydrogens (tertiary/aromatic N) is 1. The van der Waals surface area contributed by atoms with Gasteiger partial charge in [-0.3, -0.25) is 0 Å². The summed E-state index contributed by atoms with van der Waals surface area (Å²) in [6.45, 7) is -1.25. The summed E-state index contributed by atoms with van der Waals surface area (Å²) < 4.78 is 48.7. The lowest BCUT2D eigenvalue weighted by Gasteiger charge is -2.16. The van der Waals surface area contributed by atoms with Crippen molar-refractivity contribution in [3.8, 4) is 0 Å². The Kier molecular flexibility index (Phi) is 4.21. The van der Waals surface area contributed by atoms with Gasteiger partial charge in [0.25, 0.3) is 0 Å². The van der Waals surface area contributed by atoms with Gasteiger partial charge in [0.15, 0.2) is 0 Å². The number of aromatic nitrogens is 1. The monoisotopic (exact) mass is 276 g/mol. The molecule has 1 heterocycles. The van der Waals surface area contributed by atoms with Crippen molar-refractivity contribution in [3.05, 3.63) is 22.3 Å². The number of pyridine rings is 1. The van der Waals surface area contributed by atoms with Gasteiger partial charge in [0.05, 0.1) is 16.6 Å². The van der Waals surface area contributed by atoms with E-state index in [4.69, 9.17) is 23.2 Å². The molecule has 0 aliphatic heterocycles. The lowest BCUT2D eigenvalue weighted by Crippen LogP contribution is -2.35. The predicted molar refractivity (Wildman–Crippen MR) is 53.7 cm³/mol. The van der Waals surface area contributed by atoms with Gasteiger partial charge >= 0.3 is 12.3 Å². The van der Waals surface area contributed by atoms with Crippen LogP contribution < -0.4 is 5.32 Å². The van der Waals surface area contributed by atoms with E-state index in [1.165, 1.54) is 6.07 Å². The normalized spacial score (nSPS) is 11.9. The molecule has 0 saturated heterocycles. The summed E-state index contributed by atoms with van der Waals surface area (Å²) in [6.07, 6.45) is -2.58. The van der Waals surface area contributed by atoms with Gasteiger partial charge < -0.3 is 5.32 Å². The van der Waals surface area contributed by atoms with Crippen LogP contribution >= 0.6 is 23.2 Å². The molecular formula is C8H6Cl2F4N2. The zero-order valence-corrected chi connectivity index (χ0v) is 9.17. The van der Waals surface area contributed by atoms with E-state index in [1.807, 2.05) is 5.32 Å². The van der Waals surface area contributed by atoms with Gasteiger partial charge in [-0.2, -0.15) is 8.78 Å². The van der Waals surface area contributed by atoms with Crippen LogP contribution in [0.3, 0.4) is 0 Å². The number of nitrogens with one attached hydrogen (secondary N) is 1. The average molecular weight is 277 g/mol. The molecule has 0 saturated carbocycles. The summed E-state index contributed by atoms with van der Waals surface area (Å²) in [5.41, 5.74) is 0. The summed E-state index contributed by atoms with van der Waals surface area (Å²) in [5, 5.41) is 2.23. The van der Waals surface area contributed by atoms with Crippen molar-refractivity contribution in [3.63, 3.8) is 0 Å². The molecule has 0 atom stereocenters. The maximum atomic E-state index is 12.5. The second-order valence-corrected chi connectivity index (χ2v) is 3.74. The second kappa shape index (κ2) is 5.05. The molecule has 1 rings (SSSR count). The second-order valence-electron chi connectivity index (χ2n) is 2.90. The lowest BCUT2D eigenvalue weighted by atomic mass is 10.3. The summed E-state index contributed by atoms with van der Waals surface area (Å²) in [4.78, 5) is 3.59. The van der Waals surface area contributed by atoms with E-state index in [0.29, 0.717) is 0 Å². The first-order chi connectivity index (χ1) is 7.33. The van der Waals surface area contributed by atoms with Crippen molar-refractivity contribution >= 4 is 29.0 Å². The largest absolute Gasteiger partial charge is 0.363 e. The Balaban J connectivity index is 2.68. The summed E-state index contributed by atoms with van der Waals surface area (Å²) in [7, 11) is 0. The number of alkyl halides is 4. The molecule has 0 unspecified atom stereocenters. The fraction of sp³-hybridized carbons (Fsp3) is 0.375. The van der Waals surface area contributed by atoms with E-state index < -0.39 is 18.9 Å². The van der Waals surface area contributed by atoms with Gasteiger partial charge in [-0.05, 0) is 6.07 Å². The molecule has 1 aromatic heterocycles. The van der Waals surface area contributed by atoms with Crippen LogP contribution in [0.25, 0.3) is 0 Å². The van der Waals surface area contributed by atoms with E-state index in [9.17, 15) is 17.6 Å². The van der Waals surface area contributed by atoms with E-state index in [2.05, 4.69) is 4.98 Å². The molecule has 0 aliphatic rings. The first-order valence-electron chi connectivity index (χ1n) is 4.04. The SMILES string of the molecule is FC(F)C(F)(F)CNc1ncc(Cl)cc1Cl. The van der Waals surface area contributed by atoms with Crippen molar-refractivity contribution < 1.29 is 17.6 Å². The Morgan fingerprint density at radius 2 is 2.00 bits per heavy atom. The molecule has 8 heteroatoms. The van der Waals surface area contributed by atoms with E-state index in [-0.39, 0.29) is 15.9 Å². The Morgan fingerprint density at radius 1 is 1.38 bits per heavy atom. The quantitative estimate of drug-likeness (QED) is 0.849. The Hall–Kier alpha value is -0.750. The topological polar surface area (TPSA) is 24.9 Å². The molecule has 90 valence electrons.